The monoisotopic (exact) mass is 270 g/mol. The van der Waals surface area contributed by atoms with Crippen LogP contribution < -0.4 is 0 Å². The maximum Gasteiger partial charge on any atom is 0.124 e. The van der Waals surface area contributed by atoms with Gasteiger partial charge in [-0.15, -0.1) is 0 Å². The van der Waals surface area contributed by atoms with Crippen LogP contribution in [0.3, 0.4) is 0 Å². The summed E-state index contributed by atoms with van der Waals surface area (Å²) in [6.45, 7) is 0. The van der Waals surface area contributed by atoms with E-state index in [0.29, 0.717) is 5.02 Å². The van der Waals surface area contributed by atoms with Crippen molar-refractivity contribution in [3.05, 3.63) is 65.8 Å². The van der Waals surface area contributed by atoms with Crippen LogP contribution >= 0.6 is 11.6 Å². The van der Waals surface area contributed by atoms with Crippen molar-refractivity contribution < 1.29 is 5.11 Å². The van der Waals surface area contributed by atoms with Crippen LogP contribution in [0.4, 0.5) is 0 Å². The van der Waals surface area contributed by atoms with E-state index in [2.05, 4.69) is 5.10 Å². The Bertz CT molecular complexity index is 704. The molecular weight excluding hydrogens is 260 g/mol. The Morgan fingerprint density at radius 3 is 2.42 bits per heavy atom. The third-order valence-electron chi connectivity index (χ3n) is 2.89. The fraction of sp³-hybridized carbons (Fsp3) is 0. The highest BCUT2D eigenvalue weighted by molar-refractivity contribution is 6.30. The van der Waals surface area contributed by atoms with E-state index >= 15 is 0 Å². The van der Waals surface area contributed by atoms with Gasteiger partial charge in [-0.2, -0.15) is 5.10 Å². The summed E-state index contributed by atoms with van der Waals surface area (Å²) in [6, 6.07) is 16.5. The zero-order chi connectivity index (χ0) is 13.2. The second-order valence-corrected chi connectivity index (χ2v) is 4.56. The number of para-hydroxylation sites is 1. The van der Waals surface area contributed by atoms with Crippen molar-refractivity contribution >= 4 is 11.6 Å². The quantitative estimate of drug-likeness (QED) is 0.767. The predicted molar refractivity (Wildman–Crippen MR) is 75.7 cm³/mol. The number of hydrogen-bond acceptors (Lipinski definition) is 2. The lowest BCUT2D eigenvalue weighted by Crippen LogP contribution is -1.98. The van der Waals surface area contributed by atoms with Crippen molar-refractivity contribution in [2.45, 2.75) is 0 Å². The number of benzene rings is 2. The number of phenols is 1. The van der Waals surface area contributed by atoms with Crippen molar-refractivity contribution in [2.24, 2.45) is 0 Å². The lowest BCUT2D eigenvalue weighted by atomic mass is 10.1. The molecule has 0 aliphatic carbocycles. The van der Waals surface area contributed by atoms with E-state index in [0.717, 1.165) is 16.9 Å². The molecule has 0 aliphatic rings. The predicted octanol–water partition coefficient (Wildman–Crippen LogP) is 3.90. The maximum atomic E-state index is 9.94. The minimum atomic E-state index is 0.234. The zero-order valence-corrected chi connectivity index (χ0v) is 10.7. The molecule has 0 bridgehead atoms. The Morgan fingerprint density at radius 2 is 1.68 bits per heavy atom. The van der Waals surface area contributed by atoms with Gasteiger partial charge in [-0.1, -0.05) is 23.7 Å². The van der Waals surface area contributed by atoms with Crippen molar-refractivity contribution in [2.75, 3.05) is 0 Å². The van der Waals surface area contributed by atoms with E-state index < -0.39 is 0 Å². The van der Waals surface area contributed by atoms with Crippen LogP contribution in [0.15, 0.2) is 60.8 Å². The molecule has 0 saturated carbocycles. The lowest BCUT2D eigenvalue weighted by molar-refractivity contribution is 0.477. The standard InChI is InChI=1S/C15H11ClN2O/c16-11-5-7-12(8-6-11)18-14(9-10-17-18)13-3-1-2-4-15(13)19/h1-10,19H. The second-order valence-electron chi connectivity index (χ2n) is 4.12. The van der Waals surface area contributed by atoms with Crippen molar-refractivity contribution in [3.8, 4) is 22.7 Å². The molecule has 0 radical (unpaired) electrons. The molecule has 2 aromatic carbocycles. The average Bonchev–Trinajstić information content (AvgIpc) is 2.89. The van der Waals surface area contributed by atoms with Gasteiger partial charge in [0.25, 0.3) is 0 Å². The zero-order valence-electron chi connectivity index (χ0n) is 9.99. The largest absolute Gasteiger partial charge is 0.507 e. The Morgan fingerprint density at radius 1 is 0.947 bits per heavy atom. The van der Waals surface area contributed by atoms with Gasteiger partial charge < -0.3 is 5.11 Å². The van der Waals surface area contributed by atoms with E-state index in [-0.39, 0.29) is 5.75 Å². The van der Waals surface area contributed by atoms with Crippen LogP contribution in [-0.4, -0.2) is 14.9 Å². The number of rotatable bonds is 2. The van der Waals surface area contributed by atoms with Gasteiger partial charge in [0.2, 0.25) is 0 Å². The first kappa shape index (κ1) is 11.8. The summed E-state index contributed by atoms with van der Waals surface area (Å²) in [5, 5.41) is 14.9. The van der Waals surface area contributed by atoms with Gasteiger partial charge in [0.1, 0.15) is 5.75 Å². The highest BCUT2D eigenvalue weighted by atomic mass is 35.5. The summed E-state index contributed by atoms with van der Waals surface area (Å²) in [4.78, 5) is 0. The van der Waals surface area contributed by atoms with Crippen LogP contribution in [0.25, 0.3) is 16.9 Å². The number of aromatic nitrogens is 2. The fourth-order valence-corrected chi connectivity index (χ4v) is 2.11. The molecule has 0 amide bonds. The van der Waals surface area contributed by atoms with Gasteiger partial charge in [0, 0.05) is 10.6 Å². The SMILES string of the molecule is Oc1ccccc1-c1ccnn1-c1ccc(Cl)cc1. The molecule has 3 rings (SSSR count). The summed E-state index contributed by atoms with van der Waals surface area (Å²) in [5.74, 6) is 0.234. The lowest BCUT2D eigenvalue weighted by Gasteiger charge is -2.09. The highest BCUT2D eigenvalue weighted by Crippen LogP contribution is 2.30. The van der Waals surface area contributed by atoms with E-state index in [1.807, 2.05) is 42.5 Å². The van der Waals surface area contributed by atoms with Crippen molar-refractivity contribution in [1.29, 1.82) is 0 Å². The van der Waals surface area contributed by atoms with Crippen LogP contribution in [0.1, 0.15) is 0 Å². The second kappa shape index (κ2) is 4.78. The highest BCUT2D eigenvalue weighted by Gasteiger charge is 2.10. The Labute approximate surface area is 115 Å². The van der Waals surface area contributed by atoms with Crippen LogP contribution in [0, 0.1) is 0 Å². The first-order valence-corrected chi connectivity index (χ1v) is 6.22. The minimum Gasteiger partial charge on any atom is -0.507 e. The molecule has 0 unspecified atom stereocenters. The van der Waals surface area contributed by atoms with Crippen LogP contribution in [0.2, 0.25) is 5.02 Å². The summed E-state index contributed by atoms with van der Waals surface area (Å²) in [5.41, 5.74) is 2.48. The average molecular weight is 271 g/mol. The first-order chi connectivity index (χ1) is 9.25. The van der Waals surface area contributed by atoms with E-state index in [1.165, 1.54) is 0 Å². The van der Waals surface area contributed by atoms with Gasteiger partial charge >= 0.3 is 0 Å². The topological polar surface area (TPSA) is 38.1 Å². The molecule has 1 N–H and O–H groups in total. The third-order valence-corrected chi connectivity index (χ3v) is 3.15. The number of phenolic OH excluding ortho intramolecular Hbond substituents is 1. The minimum absolute atomic E-state index is 0.234. The van der Waals surface area contributed by atoms with Crippen molar-refractivity contribution in [3.63, 3.8) is 0 Å². The molecule has 0 fully saturated rings. The number of halogens is 1. The molecule has 19 heavy (non-hydrogen) atoms. The first-order valence-electron chi connectivity index (χ1n) is 5.84. The van der Waals surface area contributed by atoms with E-state index in [4.69, 9.17) is 11.6 Å². The van der Waals surface area contributed by atoms with Crippen molar-refractivity contribution in [1.82, 2.24) is 9.78 Å². The van der Waals surface area contributed by atoms with Crippen LogP contribution in [-0.2, 0) is 0 Å². The Balaban J connectivity index is 2.13. The van der Waals surface area contributed by atoms with E-state index in [9.17, 15) is 5.11 Å². The van der Waals surface area contributed by atoms with Gasteiger partial charge in [-0.3, -0.25) is 0 Å². The third kappa shape index (κ3) is 2.20. The summed E-state index contributed by atoms with van der Waals surface area (Å²) < 4.78 is 1.77. The fourth-order valence-electron chi connectivity index (χ4n) is 1.99. The Hall–Kier alpha value is -2.26. The Kier molecular flexibility index (Phi) is 2.97. The smallest absolute Gasteiger partial charge is 0.124 e. The summed E-state index contributed by atoms with van der Waals surface area (Å²) >= 11 is 5.89. The van der Waals surface area contributed by atoms with E-state index in [1.54, 1.807) is 23.0 Å². The van der Waals surface area contributed by atoms with Crippen LogP contribution in [0.5, 0.6) is 5.75 Å². The molecular formula is C15H11ClN2O. The molecule has 3 nitrogen and oxygen atoms in total. The number of hydrogen-bond donors (Lipinski definition) is 1. The molecule has 0 spiro atoms. The molecule has 0 atom stereocenters. The summed E-state index contributed by atoms with van der Waals surface area (Å²) in [6.07, 6.45) is 1.70. The number of nitrogens with zero attached hydrogens (tertiary/aromatic N) is 2. The molecule has 1 heterocycles. The molecule has 3 aromatic rings. The van der Waals surface area contributed by atoms with Gasteiger partial charge in [0.15, 0.2) is 0 Å². The van der Waals surface area contributed by atoms with Gasteiger partial charge in [-0.25, -0.2) is 4.68 Å². The summed E-state index contributed by atoms with van der Waals surface area (Å²) in [7, 11) is 0. The molecule has 94 valence electrons. The number of aromatic hydroxyl groups is 1. The van der Waals surface area contributed by atoms with Gasteiger partial charge in [0.05, 0.1) is 17.6 Å². The molecule has 0 aliphatic heterocycles. The molecule has 0 saturated heterocycles. The molecule has 1 aromatic heterocycles. The maximum absolute atomic E-state index is 9.94. The van der Waals surface area contributed by atoms with Gasteiger partial charge in [-0.05, 0) is 42.5 Å². The molecule has 4 heteroatoms. The normalized spacial score (nSPS) is 10.6.